The molecule has 0 aliphatic carbocycles. The molecule has 1 aliphatic heterocycles. The van der Waals surface area contributed by atoms with Crippen molar-refractivity contribution in [2.24, 2.45) is 0 Å². The van der Waals surface area contributed by atoms with E-state index in [-0.39, 0.29) is 17.1 Å². The van der Waals surface area contributed by atoms with Crippen LogP contribution >= 0.6 is 0 Å². The molecule has 0 amide bonds. The molecule has 0 aromatic carbocycles. The van der Waals surface area contributed by atoms with Gasteiger partial charge in [-0.2, -0.15) is 0 Å². The maximum atomic E-state index is 11.5. The van der Waals surface area contributed by atoms with Gasteiger partial charge in [-0.3, -0.25) is 0 Å². The van der Waals surface area contributed by atoms with Crippen molar-refractivity contribution in [3.8, 4) is 0 Å². The molecule has 1 rings (SSSR count). The van der Waals surface area contributed by atoms with Crippen LogP contribution in [0.5, 0.6) is 0 Å². The summed E-state index contributed by atoms with van der Waals surface area (Å²) in [6.07, 6.45) is 2.34. The van der Waals surface area contributed by atoms with Crippen LogP contribution in [0.25, 0.3) is 0 Å². The zero-order valence-corrected chi connectivity index (χ0v) is 10.3. The standard InChI is InChI=1S/C10H21NO3S/c1-9(2)15(12,13)7-6-14-10-4-3-5-11-8-10/h9-11H,3-8H2,1-2H3. The van der Waals surface area contributed by atoms with E-state index in [1.165, 1.54) is 0 Å². The van der Waals surface area contributed by atoms with Crippen molar-refractivity contribution in [2.45, 2.75) is 38.0 Å². The second-order valence-corrected chi connectivity index (χ2v) is 6.93. The number of piperidine rings is 1. The molecule has 0 spiro atoms. The number of rotatable bonds is 5. The molecule has 1 N–H and O–H groups in total. The number of ether oxygens (including phenoxy) is 1. The van der Waals surface area contributed by atoms with Crippen LogP contribution in [0.2, 0.25) is 0 Å². The van der Waals surface area contributed by atoms with E-state index < -0.39 is 9.84 Å². The highest BCUT2D eigenvalue weighted by atomic mass is 32.2. The maximum absolute atomic E-state index is 11.5. The Hall–Kier alpha value is -0.130. The van der Waals surface area contributed by atoms with Gasteiger partial charge in [0.2, 0.25) is 0 Å². The van der Waals surface area contributed by atoms with Gasteiger partial charge < -0.3 is 10.1 Å². The van der Waals surface area contributed by atoms with Crippen molar-refractivity contribution in [3.63, 3.8) is 0 Å². The first-order valence-electron chi connectivity index (χ1n) is 5.56. The first-order valence-corrected chi connectivity index (χ1v) is 7.28. The fraction of sp³-hybridized carbons (Fsp3) is 1.00. The number of hydrogen-bond donors (Lipinski definition) is 1. The second kappa shape index (κ2) is 5.82. The number of nitrogens with one attached hydrogen (secondary N) is 1. The van der Waals surface area contributed by atoms with Crippen molar-refractivity contribution in [2.75, 3.05) is 25.4 Å². The van der Waals surface area contributed by atoms with Crippen LogP contribution in [-0.4, -0.2) is 45.2 Å². The Kier molecular flexibility index (Phi) is 5.02. The fourth-order valence-corrected chi connectivity index (χ4v) is 2.33. The minimum absolute atomic E-state index is 0.140. The summed E-state index contributed by atoms with van der Waals surface area (Å²) >= 11 is 0. The molecule has 0 bridgehead atoms. The highest BCUT2D eigenvalue weighted by Crippen LogP contribution is 2.07. The lowest BCUT2D eigenvalue weighted by Crippen LogP contribution is -2.36. The Labute approximate surface area is 92.3 Å². The van der Waals surface area contributed by atoms with E-state index in [9.17, 15) is 8.42 Å². The van der Waals surface area contributed by atoms with Gasteiger partial charge >= 0.3 is 0 Å². The zero-order valence-electron chi connectivity index (χ0n) is 9.53. The third kappa shape index (κ3) is 4.49. The van der Waals surface area contributed by atoms with Gasteiger partial charge in [-0.05, 0) is 33.2 Å². The quantitative estimate of drug-likeness (QED) is 0.757. The largest absolute Gasteiger partial charge is 0.376 e. The minimum Gasteiger partial charge on any atom is -0.376 e. The molecule has 15 heavy (non-hydrogen) atoms. The smallest absolute Gasteiger partial charge is 0.154 e. The van der Waals surface area contributed by atoms with Gasteiger partial charge in [-0.25, -0.2) is 8.42 Å². The van der Waals surface area contributed by atoms with Crippen LogP contribution in [-0.2, 0) is 14.6 Å². The Balaban J connectivity index is 2.20. The lowest BCUT2D eigenvalue weighted by Gasteiger charge is -2.23. The Morgan fingerprint density at radius 1 is 1.47 bits per heavy atom. The minimum atomic E-state index is -2.94. The van der Waals surface area contributed by atoms with Gasteiger partial charge in [-0.15, -0.1) is 0 Å². The predicted octanol–water partition coefficient (Wildman–Crippen LogP) is 0.578. The van der Waals surface area contributed by atoms with E-state index in [0.717, 1.165) is 25.9 Å². The molecule has 0 aromatic rings. The molecule has 5 heteroatoms. The molecule has 1 fully saturated rings. The van der Waals surface area contributed by atoms with Crippen molar-refractivity contribution < 1.29 is 13.2 Å². The molecule has 1 heterocycles. The van der Waals surface area contributed by atoms with Crippen LogP contribution in [0.1, 0.15) is 26.7 Å². The monoisotopic (exact) mass is 235 g/mol. The second-order valence-electron chi connectivity index (χ2n) is 4.25. The molecule has 0 aromatic heterocycles. The zero-order chi connectivity index (χ0) is 11.3. The number of hydrogen-bond acceptors (Lipinski definition) is 4. The van der Waals surface area contributed by atoms with Crippen LogP contribution in [0.4, 0.5) is 0 Å². The first kappa shape index (κ1) is 12.9. The molecule has 0 radical (unpaired) electrons. The summed E-state index contributed by atoms with van der Waals surface area (Å²) < 4.78 is 28.5. The Bertz CT molecular complexity index is 268. The maximum Gasteiger partial charge on any atom is 0.154 e. The molecule has 4 nitrogen and oxygen atoms in total. The van der Waals surface area contributed by atoms with E-state index >= 15 is 0 Å². The molecular weight excluding hydrogens is 214 g/mol. The van der Waals surface area contributed by atoms with E-state index in [1.54, 1.807) is 13.8 Å². The van der Waals surface area contributed by atoms with Crippen LogP contribution < -0.4 is 5.32 Å². The van der Waals surface area contributed by atoms with Gasteiger partial charge in [-0.1, -0.05) is 0 Å². The van der Waals surface area contributed by atoms with Crippen molar-refractivity contribution in [1.29, 1.82) is 0 Å². The van der Waals surface area contributed by atoms with Gasteiger partial charge in [0.15, 0.2) is 9.84 Å². The van der Waals surface area contributed by atoms with Gasteiger partial charge in [0, 0.05) is 6.54 Å². The van der Waals surface area contributed by atoms with E-state index in [1.807, 2.05) is 0 Å². The molecule has 1 atom stereocenters. The van der Waals surface area contributed by atoms with Crippen molar-refractivity contribution in [3.05, 3.63) is 0 Å². The summed E-state index contributed by atoms with van der Waals surface area (Å²) in [6, 6.07) is 0. The van der Waals surface area contributed by atoms with Gasteiger partial charge in [0.25, 0.3) is 0 Å². The van der Waals surface area contributed by atoms with E-state index in [2.05, 4.69) is 5.32 Å². The Morgan fingerprint density at radius 2 is 2.20 bits per heavy atom. The van der Waals surface area contributed by atoms with E-state index in [0.29, 0.717) is 6.61 Å². The lowest BCUT2D eigenvalue weighted by molar-refractivity contribution is 0.0468. The highest BCUT2D eigenvalue weighted by molar-refractivity contribution is 7.91. The summed E-state index contributed by atoms with van der Waals surface area (Å²) in [6.45, 7) is 5.63. The summed E-state index contributed by atoms with van der Waals surface area (Å²) in [7, 11) is -2.94. The SMILES string of the molecule is CC(C)S(=O)(=O)CCOC1CCCNC1. The van der Waals surface area contributed by atoms with Crippen LogP contribution in [0, 0.1) is 0 Å². The summed E-state index contributed by atoms with van der Waals surface area (Å²) in [4.78, 5) is 0. The summed E-state index contributed by atoms with van der Waals surface area (Å²) in [5, 5.41) is 2.93. The van der Waals surface area contributed by atoms with Gasteiger partial charge in [0.05, 0.1) is 23.7 Å². The number of sulfone groups is 1. The predicted molar refractivity (Wildman–Crippen MR) is 60.8 cm³/mol. The lowest BCUT2D eigenvalue weighted by atomic mass is 10.1. The Morgan fingerprint density at radius 3 is 2.73 bits per heavy atom. The van der Waals surface area contributed by atoms with Crippen LogP contribution in [0.3, 0.4) is 0 Å². The van der Waals surface area contributed by atoms with E-state index in [4.69, 9.17) is 4.74 Å². The molecule has 1 aliphatic rings. The fourth-order valence-electron chi connectivity index (χ4n) is 1.53. The molecule has 1 unspecified atom stereocenters. The average Bonchev–Trinajstić information content (AvgIpc) is 2.19. The van der Waals surface area contributed by atoms with Gasteiger partial charge in [0.1, 0.15) is 0 Å². The third-order valence-corrected chi connectivity index (χ3v) is 4.86. The van der Waals surface area contributed by atoms with Crippen molar-refractivity contribution >= 4 is 9.84 Å². The van der Waals surface area contributed by atoms with Crippen molar-refractivity contribution in [1.82, 2.24) is 5.32 Å². The normalized spacial score (nSPS) is 23.3. The molecule has 90 valence electrons. The van der Waals surface area contributed by atoms with Crippen LogP contribution in [0.15, 0.2) is 0 Å². The first-order chi connectivity index (χ1) is 7.02. The molecule has 0 saturated carbocycles. The highest BCUT2D eigenvalue weighted by Gasteiger charge is 2.18. The third-order valence-electron chi connectivity index (χ3n) is 2.69. The summed E-state index contributed by atoms with van der Waals surface area (Å²) in [5.41, 5.74) is 0. The molecule has 1 saturated heterocycles. The molecular formula is C10H21NO3S. The summed E-state index contributed by atoms with van der Waals surface area (Å²) in [5.74, 6) is 0.140. The average molecular weight is 235 g/mol. The topological polar surface area (TPSA) is 55.4 Å².